The van der Waals surface area contributed by atoms with Crippen LogP contribution in [-0.2, 0) is 16.0 Å². The first-order valence-electron chi connectivity index (χ1n) is 8.01. The van der Waals surface area contributed by atoms with E-state index < -0.39 is 0 Å². The molecule has 22 heavy (non-hydrogen) atoms. The molecule has 2 rings (SSSR count). The molecular formula is C18H26N2O2. The Hall–Kier alpha value is -1.84. The molecule has 4 nitrogen and oxygen atoms in total. The summed E-state index contributed by atoms with van der Waals surface area (Å²) < 4.78 is 0. The normalized spacial score (nSPS) is 15.3. The molecule has 1 aromatic rings. The van der Waals surface area contributed by atoms with Crippen LogP contribution in [0.5, 0.6) is 0 Å². The maximum absolute atomic E-state index is 12.5. The Bertz CT molecular complexity index is 558. The van der Waals surface area contributed by atoms with Crippen LogP contribution >= 0.6 is 0 Å². The molecule has 1 heterocycles. The SMILES string of the molecule is CC(=O)N1CCN(C(=O)Cc2cc(C(C)C)ccc2C)CC1. The van der Waals surface area contributed by atoms with E-state index in [-0.39, 0.29) is 11.8 Å². The number of hydrogen-bond donors (Lipinski definition) is 0. The minimum Gasteiger partial charge on any atom is -0.339 e. The highest BCUT2D eigenvalue weighted by molar-refractivity contribution is 5.80. The fourth-order valence-corrected chi connectivity index (χ4v) is 2.79. The zero-order valence-electron chi connectivity index (χ0n) is 14.1. The number of aryl methyl sites for hydroxylation is 1. The van der Waals surface area contributed by atoms with Crippen LogP contribution in [0.15, 0.2) is 18.2 Å². The Morgan fingerprint density at radius 1 is 1.09 bits per heavy atom. The summed E-state index contributed by atoms with van der Waals surface area (Å²) in [6.45, 7) is 10.5. The summed E-state index contributed by atoms with van der Waals surface area (Å²) in [5.41, 5.74) is 3.56. The van der Waals surface area contributed by atoms with E-state index in [2.05, 4.69) is 39.0 Å². The zero-order valence-corrected chi connectivity index (χ0v) is 14.1. The molecule has 0 N–H and O–H groups in total. The lowest BCUT2D eigenvalue weighted by Gasteiger charge is -2.34. The Kier molecular flexibility index (Phi) is 5.22. The van der Waals surface area contributed by atoms with E-state index in [9.17, 15) is 9.59 Å². The lowest BCUT2D eigenvalue weighted by molar-refractivity contribution is -0.138. The van der Waals surface area contributed by atoms with Gasteiger partial charge < -0.3 is 9.80 Å². The second kappa shape index (κ2) is 6.95. The van der Waals surface area contributed by atoms with Crippen LogP contribution in [0.4, 0.5) is 0 Å². The van der Waals surface area contributed by atoms with Gasteiger partial charge in [0, 0.05) is 33.1 Å². The van der Waals surface area contributed by atoms with Crippen molar-refractivity contribution in [2.24, 2.45) is 0 Å². The van der Waals surface area contributed by atoms with Gasteiger partial charge in [-0.05, 0) is 29.5 Å². The summed E-state index contributed by atoms with van der Waals surface area (Å²) in [7, 11) is 0. The number of hydrogen-bond acceptors (Lipinski definition) is 2. The molecule has 0 aromatic heterocycles. The lowest BCUT2D eigenvalue weighted by Crippen LogP contribution is -2.50. The molecular weight excluding hydrogens is 276 g/mol. The fraction of sp³-hybridized carbons (Fsp3) is 0.556. The van der Waals surface area contributed by atoms with Gasteiger partial charge in [-0.1, -0.05) is 32.0 Å². The van der Waals surface area contributed by atoms with Gasteiger partial charge in [0.2, 0.25) is 11.8 Å². The third-order valence-electron chi connectivity index (χ3n) is 4.46. The molecule has 0 bridgehead atoms. The number of amides is 2. The van der Waals surface area contributed by atoms with E-state index in [0.29, 0.717) is 38.5 Å². The maximum atomic E-state index is 12.5. The van der Waals surface area contributed by atoms with Gasteiger partial charge in [0.05, 0.1) is 6.42 Å². The largest absolute Gasteiger partial charge is 0.339 e. The molecule has 120 valence electrons. The Morgan fingerprint density at radius 3 is 2.23 bits per heavy atom. The van der Waals surface area contributed by atoms with E-state index in [1.165, 1.54) is 11.1 Å². The van der Waals surface area contributed by atoms with Gasteiger partial charge in [0.1, 0.15) is 0 Å². The van der Waals surface area contributed by atoms with Gasteiger partial charge in [0.25, 0.3) is 0 Å². The molecule has 0 saturated carbocycles. The summed E-state index contributed by atoms with van der Waals surface area (Å²) in [6, 6.07) is 6.40. The Labute approximate surface area is 133 Å². The van der Waals surface area contributed by atoms with Crippen LogP contribution in [0.2, 0.25) is 0 Å². The predicted octanol–water partition coefficient (Wildman–Crippen LogP) is 2.35. The van der Waals surface area contributed by atoms with E-state index in [1.807, 2.05) is 4.90 Å². The standard InChI is InChI=1S/C18H26N2O2/c1-13(2)16-6-5-14(3)17(11-16)12-18(22)20-9-7-19(8-10-20)15(4)21/h5-6,11,13H,7-10,12H2,1-4H3. The van der Waals surface area contributed by atoms with Crippen molar-refractivity contribution in [2.75, 3.05) is 26.2 Å². The van der Waals surface area contributed by atoms with Gasteiger partial charge in [-0.25, -0.2) is 0 Å². The van der Waals surface area contributed by atoms with Crippen molar-refractivity contribution >= 4 is 11.8 Å². The molecule has 4 heteroatoms. The minimum atomic E-state index is 0.0904. The van der Waals surface area contributed by atoms with Crippen molar-refractivity contribution in [3.63, 3.8) is 0 Å². The summed E-state index contributed by atoms with van der Waals surface area (Å²) in [5.74, 6) is 0.716. The van der Waals surface area contributed by atoms with Crippen molar-refractivity contribution in [2.45, 2.75) is 40.0 Å². The van der Waals surface area contributed by atoms with Crippen LogP contribution in [0.1, 0.15) is 43.4 Å². The van der Waals surface area contributed by atoms with Crippen molar-refractivity contribution in [3.05, 3.63) is 34.9 Å². The third-order valence-corrected chi connectivity index (χ3v) is 4.46. The second-order valence-electron chi connectivity index (χ2n) is 6.40. The topological polar surface area (TPSA) is 40.6 Å². The number of rotatable bonds is 3. The molecule has 1 aliphatic heterocycles. The molecule has 0 radical (unpaired) electrons. The summed E-state index contributed by atoms with van der Waals surface area (Å²) in [4.78, 5) is 27.5. The highest BCUT2D eigenvalue weighted by Crippen LogP contribution is 2.19. The zero-order chi connectivity index (χ0) is 16.3. The van der Waals surface area contributed by atoms with Crippen LogP contribution in [0, 0.1) is 6.92 Å². The molecule has 1 aromatic carbocycles. The lowest BCUT2D eigenvalue weighted by atomic mass is 9.96. The highest BCUT2D eigenvalue weighted by Gasteiger charge is 2.22. The molecule has 0 aliphatic carbocycles. The molecule has 0 atom stereocenters. The van der Waals surface area contributed by atoms with Gasteiger partial charge in [-0.2, -0.15) is 0 Å². The van der Waals surface area contributed by atoms with Crippen LogP contribution < -0.4 is 0 Å². The number of nitrogens with zero attached hydrogens (tertiary/aromatic N) is 2. The first-order valence-corrected chi connectivity index (χ1v) is 8.01. The van der Waals surface area contributed by atoms with Gasteiger partial charge in [-0.3, -0.25) is 9.59 Å². The average molecular weight is 302 g/mol. The van der Waals surface area contributed by atoms with Crippen molar-refractivity contribution < 1.29 is 9.59 Å². The third kappa shape index (κ3) is 3.87. The first kappa shape index (κ1) is 16.5. The average Bonchev–Trinajstić information content (AvgIpc) is 2.49. The van der Waals surface area contributed by atoms with Crippen molar-refractivity contribution in [1.29, 1.82) is 0 Å². The fourth-order valence-electron chi connectivity index (χ4n) is 2.79. The monoisotopic (exact) mass is 302 g/mol. The maximum Gasteiger partial charge on any atom is 0.227 e. The van der Waals surface area contributed by atoms with Gasteiger partial charge in [-0.15, -0.1) is 0 Å². The predicted molar refractivity (Wildman–Crippen MR) is 87.8 cm³/mol. The Morgan fingerprint density at radius 2 is 1.68 bits per heavy atom. The van der Waals surface area contributed by atoms with Crippen LogP contribution in [-0.4, -0.2) is 47.8 Å². The molecule has 2 amide bonds. The highest BCUT2D eigenvalue weighted by atomic mass is 16.2. The van der Waals surface area contributed by atoms with Crippen LogP contribution in [0.3, 0.4) is 0 Å². The second-order valence-corrected chi connectivity index (χ2v) is 6.40. The summed E-state index contributed by atoms with van der Waals surface area (Å²) in [6.07, 6.45) is 0.451. The number of piperazine rings is 1. The van der Waals surface area contributed by atoms with Gasteiger partial charge in [0.15, 0.2) is 0 Å². The Balaban J connectivity index is 2.01. The smallest absolute Gasteiger partial charge is 0.227 e. The van der Waals surface area contributed by atoms with E-state index >= 15 is 0 Å². The van der Waals surface area contributed by atoms with Crippen molar-refractivity contribution in [1.82, 2.24) is 9.80 Å². The van der Waals surface area contributed by atoms with E-state index in [1.54, 1.807) is 11.8 Å². The number of benzene rings is 1. The summed E-state index contributed by atoms with van der Waals surface area (Å²) in [5, 5.41) is 0. The minimum absolute atomic E-state index is 0.0904. The molecule has 1 saturated heterocycles. The molecule has 1 aliphatic rings. The van der Waals surface area contributed by atoms with E-state index in [0.717, 1.165) is 5.56 Å². The van der Waals surface area contributed by atoms with Crippen molar-refractivity contribution in [3.8, 4) is 0 Å². The first-order chi connectivity index (χ1) is 10.4. The van der Waals surface area contributed by atoms with Gasteiger partial charge >= 0.3 is 0 Å². The molecule has 1 fully saturated rings. The quantitative estimate of drug-likeness (QED) is 0.860. The molecule has 0 spiro atoms. The van der Waals surface area contributed by atoms with Crippen LogP contribution in [0.25, 0.3) is 0 Å². The van der Waals surface area contributed by atoms with E-state index in [4.69, 9.17) is 0 Å². The number of carbonyl (C=O) groups excluding carboxylic acids is 2. The number of carbonyl (C=O) groups is 2. The molecule has 0 unspecified atom stereocenters. The summed E-state index contributed by atoms with van der Waals surface area (Å²) >= 11 is 0.